The summed E-state index contributed by atoms with van der Waals surface area (Å²) in [5, 5.41) is 8.93. The summed E-state index contributed by atoms with van der Waals surface area (Å²) in [6.07, 6.45) is 0.821. The van der Waals surface area contributed by atoms with Crippen LogP contribution < -0.4 is 15.2 Å². The molecule has 5 heteroatoms. The third-order valence-corrected chi connectivity index (χ3v) is 4.14. The smallest absolute Gasteiger partial charge is 0.303 e. The zero-order valence-corrected chi connectivity index (χ0v) is 13.4. The second-order valence-electron chi connectivity index (χ2n) is 6.06. The highest BCUT2D eigenvalue weighted by molar-refractivity contribution is 5.67. The minimum Gasteiger partial charge on any atom is -0.493 e. The molecule has 0 radical (unpaired) electrons. The first-order valence-corrected chi connectivity index (χ1v) is 8.02. The Morgan fingerprint density at radius 3 is 2.67 bits per heavy atom. The topological polar surface area (TPSA) is 81.8 Å². The van der Waals surface area contributed by atoms with Gasteiger partial charge in [0.25, 0.3) is 0 Å². The lowest BCUT2D eigenvalue weighted by Gasteiger charge is -2.24. The summed E-state index contributed by atoms with van der Waals surface area (Å²) in [6.45, 7) is 1.46. The number of carboxylic acid groups (broad SMARTS) is 1. The largest absolute Gasteiger partial charge is 0.493 e. The van der Waals surface area contributed by atoms with Crippen molar-refractivity contribution >= 4 is 5.97 Å². The highest BCUT2D eigenvalue weighted by Gasteiger charge is 2.22. The summed E-state index contributed by atoms with van der Waals surface area (Å²) < 4.78 is 11.5. The van der Waals surface area contributed by atoms with Crippen LogP contribution in [0.3, 0.4) is 0 Å². The van der Waals surface area contributed by atoms with E-state index in [0.717, 1.165) is 28.2 Å². The van der Waals surface area contributed by atoms with E-state index in [4.69, 9.17) is 20.3 Å². The molecule has 1 unspecified atom stereocenters. The van der Waals surface area contributed by atoms with Gasteiger partial charge in [-0.25, -0.2) is 0 Å². The maximum absolute atomic E-state index is 10.9. The monoisotopic (exact) mass is 327 g/mol. The minimum atomic E-state index is -0.791. The molecular weight excluding hydrogens is 306 g/mol. The van der Waals surface area contributed by atoms with Crippen LogP contribution >= 0.6 is 0 Å². The molecule has 1 aliphatic heterocycles. The molecule has 0 bridgehead atoms. The Kier molecular flexibility index (Phi) is 5.01. The summed E-state index contributed by atoms with van der Waals surface area (Å²) in [4.78, 5) is 10.9. The van der Waals surface area contributed by atoms with Crippen molar-refractivity contribution in [2.75, 3.05) is 6.61 Å². The van der Waals surface area contributed by atoms with Gasteiger partial charge in [-0.1, -0.05) is 24.3 Å². The van der Waals surface area contributed by atoms with Crippen molar-refractivity contribution in [1.82, 2.24) is 0 Å². The molecule has 0 saturated carbocycles. The van der Waals surface area contributed by atoms with E-state index in [1.807, 2.05) is 42.5 Å². The molecule has 5 nitrogen and oxygen atoms in total. The minimum absolute atomic E-state index is 0.00839. The summed E-state index contributed by atoms with van der Waals surface area (Å²) in [7, 11) is 0. The van der Waals surface area contributed by atoms with Crippen LogP contribution in [0.2, 0.25) is 0 Å². The van der Waals surface area contributed by atoms with Crippen molar-refractivity contribution in [2.45, 2.75) is 26.0 Å². The van der Waals surface area contributed by atoms with Crippen LogP contribution in [0.1, 0.15) is 23.1 Å². The van der Waals surface area contributed by atoms with Crippen LogP contribution in [0.15, 0.2) is 42.5 Å². The Balaban J connectivity index is 1.63. The molecule has 0 spiro atoms. The number of fused-ring (bicyclic) bond motifs is 1. The van der Waals surface area contributed by atoms with Gasteiger partial charge in [-0.3, -0.25) is 4.79 Å². The molecule has 0 saturated heterocycles. The van der Waals surface area contributed by atoms with Crippen LogP contribution in [0, 0.1) is 5.92 Å². The van der Waals surface area contributed by atoms with Crippen LogP contribution in [-0.4, -0.2) is 17.7 Å². The lowest BCUT2D eigenvalue weighted by molar-refractivity contribution is -0.138. The number of carbonyl (C=O) groups is 1. The van der Waals surface area contributed by atoms with Gasteiger partial charge in [-0.05, 0) is 41.3 Å². The van der Waals surface area contributed by atoms with Crippen molar-refractivity contribution in [3.8, 4) is 11.5 Å². The second-order valence-corrected chi connectivity index (χ2v) is 6.06. The highest BCUT2D eigenvalue weighted by atomic mass is 16.5. The van der Waals surface area contributed by atoms with Crippen LogP contribution in [0.4, 0.5) is 0 Å². The Morgan fingerprint density at radius 1 is 1.21 bits per heavy atom. The van der Waals surface area contributed by atoms with E-state index >= 15 is 0 Å². The van der Waals surface area contributed by atoms with E-state index in [1.165, 1.54) is 0 Å². The van der Waals surface area contributed by atoms with Crippen LogP contribution in [0.5, 0.6) is 11.5 Å². The SMILES string of the molecule is NCc1ccc(COc2ccc3c(c2)CC(CC(=O)O)CO3)cc1. The predicted molar refractivity (Wildman–Crippen MR) is 90.0 cm³/mol. The van der Waals surface area contributed by atoms with Gasteiger partial charge in [0.15, 0.2) is 0 Å². The third kappa shape index (κ3) is 4.06. The Morgan fingerprint density at radius 2 is 1.96 bits per heavy atom. The first kappa shape index (κ1) is 16.3. The molecule has 0 fully saturated rings. The molecule has 126 valence electrons. The summed E-state index contributed by atoms with van der Waals surface area (Å²) >= 11 is 0. The summed E-state index contributed by atoms with van der Waals surface area (Å²) in [5.74, 6) is 0.793. The average molecular weight is 327 g/mol. The standard InChI is InChI=1S/C19H21NO4/c20-10-13-1-3-14(4-2-13)11-23-17-5-6-18-16(9-17)7-15(12-24-18)8-19(21)22/h1-6,9,15H,7-8,10-12,20H2,(H,21,22). The number of hydrogen-bond acceptors (Lipinski definition) is 4. The lowest BCUT2D eigenvalue weighted by Crippen LogP contribution is -2.23. The number of rotatable bonds is 6. The normalized spacial score (nSPS) is 16.1. The summed E-state index contributed by atoms with van der Waals surface area (Å²) in [5.41, 5.74) is 8.76. The number of nitrogens with two attached hydrogens (primary N) is 1. The molecule has 1 heterocycles. The fourth-order valence-electron chi connectivity index (χ4n) is 2.84. The first-order chi connectivity index (χ1) is 11.6. The fourth-order valence-corrected chi connectivity index (χ4v) is 2.84. The van der Waals surface area contributed by atoms with E-state index < -0.39 is 5.97 Å². The number of ether oxygens (including phenoxy) is 2. The molecule has 24 heavy (non-hydrogen) atoms. The van der Waals surface area contributed by atoms with E-state index in [0.29, 0.717) is 26.2 Å². The molecule has 3 N–H and O–H groups in total. The molecule has 2 aromatic rings. The second kappa shape index (κ2) is 7.36. The first-order valence-electron chi connectivity index (χ1n) is 8.02. The Labute approximate surface area is 141 Å². The molecule has 2 aromatic carbocycles. The fraction of sp³-hybridized carbons (Fsp3) is 0.316. The Bertz CT molecular complexity index is 712. The third-order valence-electron chi connectivity index (χ3n) is 4.14. The zero-order valence-electron chi connectivity index (χ0n) is 13.4. The zero-order chi connectivity index (χ0) is 16.9. The molecule has 0 aromatic heterocycles. The number of aliphatic carboxylic acids is 1. The van der Waals surface area contributed by atoms with Crippen LogP contribution in [-0.2, 0) is 24.4 Å². The Hall–Kier alpha value is -2.53. The quantitative estimate of drug-likeness (QED) is 0.852. The van der Waals surface area contributed by atoms with Gasteiger partial charge in [0.1, 0.15) is 18.1 Å². The van der Waals surface area contributed by atoms with E-state index in [9.17, 15) is 4.79 Å². The molecule has 0 amide bonds. The molecule has 1 aliphatic rings. The van der Waals surface area contributed by atoms with Gasteiger partial charge in [0, 0.05) is 12.5 Å². The molecular formula is C19H21NO4. The van der Waals surface area contributed by atoms with Gasteiger partial charge >= 0.3 is 5.97 Å². The maximum Gasteiger partial charge on any atom is 0.303 e. The van der Waals surface area contributed by atoms with Crippen LogP contribution in [0.25, 0.3) is 0 Å². The van der Waals surface area contributed by atoms with Gasteiger partial charge in [0.2, 0.25) is 0 Å². The van der Waals surface area contributed by atoms with Crippen molar-refractivity contribution in [3.63, 3.8) is 0 Å². The predicted octanol–water partition coefficient (Wildman–Crippen LogP) is 2.75. The van der Waals surface area contributed by atoms with E-state index in [2.05, 4.69) is 0 Å². The van der Waals surface area contributed by atoms with Gasteiger partial charge in [-0.2, -0.15) is 0 Å². The maximum atomic E-state index is 10.9. The van der Waals surface area contributed by atoms with Crippen molar-refractivity contribution in [1.29, 1.82) is 0 Å². The number of carboxylic acids is 1. The molecule has 1 atom stereocenters. The average Bonchev–Trinajstić information content (AvgIpc) is 2.59. The van der Waals surface area contributed by atoms with Crippen molar-refractivity contribution < 1.29 is 19.4 Å². The van der Waals surface area contributed by atoms with Crippen molar-refractivity contribution in [3.05, 3.63) is 59.2 Å². The van der Waals surface area contributed by atoms with E-state index in [-0.39, 0.29) is 12.3 Å². The van der Waals surface area contributed by atoms with E-state index in [1.54, 1.807) is 0 Å². The molecule has 3 rings (SSSR count). The van der Waals surface area contributed by atoms with Gasteiger partial charge in [-0.15, -0.1) is 0 Å². The van der Waals surface area contributed by atoms with Gasteiger partial charge < -0.3 is 20.3 Å². The van der Waals surface area contributed by atoms with Crippen molar-refractivity contribution in [2.24, 2.45) is 11.7 Å². The summed E-state index contributed by atoms with van der Waals surface area (Å²) in [6, 6.07) is 13.7. The highest BCUT2D eigenvalue weighted by Crippen LogP contribution is 2.32. The lowest BCUT2D eigenvalue weighted by atomic mass is 9.94. The van der Waals surface area contributed by atoms with Gasteiger partial charge in [0.05, 0.1) is 13.0 Å². The molecule has 0 aliphatic carbocycles. The number of benzene rings is 2. The number of hydrogen-bond donors (Lipinski definition) is 2.